The number of hydrogen-bond acceptors (Lipinski definition) is 5. The van der Waals surface area contributed by atoms with Gasteiger partial charge in [-0.3, -0.25) is 0 Å². The molecule has 1 unspecified atom stereocenters. The number of ether oxygens (including phenoxy) is 5. The van der Waals surface area contributed by atoms with Gasteiger partial charge in [-0.15, -0.1) is 0 Å². The van der Waals surface area contributed by atoms with Crippen molar-refractivity contribution in [2.45, 2.75) is 19.4 Å². The van der Waals surface area contributed by atoms with Gasteiger partial charge in [0.15, 0.2) is 0 Å². The van der Waals surface area contributed by atoms with Gasteiger partial charge in [-0.25, -0.2) is 0 Å². The largest absolute Gasteiger partial charge is 0.377 e. The molecule has 5 heteroatoms. The maximum absolute atomic E-state index is 5.64. The molecule has 1 atom stereocenters. The zero-order valence-corrected chi connectivity index (χ0v) is 10.7. The van der Waals surface area contributed by atoms with Gasteiger partial charge in [0.1, 0.15) is 0 Å². The van der Waals surface area contributed by atoms with Crippen LogP contribution in [0.1, 0.15) is 13.3 Å². The Kier molecular flexibility index (Phi) is 9.55. The Morgan fingerprint density at radius 3 is 1.71 bits per heavy atom. The second-order valence-electron chi connectivity index (χ2n) is 3.81. The molecule has 5 nitrogen and oxygen atoms in total. The van der Waals surface area contributed by atoms with Crippen LogP contribution < -0.4 is 0 Å². The zero-order chi connectivity index (χ0) is 12.2. The second-order valence-corrected chi connectivity index (χ2v) is 3.81. The molecule has 17 heavy (non-hydrogen) atoms. The highest BCUT2D eigenvalue weighted by molar-refractivity contribution is 4.53. The van der Waals surface area contributed by atoms with Crippen molar-refractivity contribution in [2.24, 2.45) is 0 Å². The van der Waals surface area contributed by atoms with Crippen LogP contribution in [0.2, 0.25) is 0 Å². The Morgan fingerprint density at radius 2 is 1.18 bits per heavy atom. The summed E-state index contributed by atoms with van der Waals surface area (Å²) in [4.78, 5) is 0. The fraction of sp³-hybridized carbons (Fsp3) is 1.00. The lowest BCUT2D eigenvalue weighted by Gasteiger charge is -2.16. The fourth-order valence-corrected chi connectivity index (χ4v) is 1.43. The van der Waals surface area contributed by atoms with E-state index in [1.165, 1.54) is 0 Å². The topological polar surface area (TPSA) is 46.2 Å². The summed E-state index contributed by atoms with van der Waals surface area (Å²) in [6.07, 6.45) is 1.10. The monoisotopic (exact) mass is 248 g/mol. The summed E-state index contributed by atoms with van der Waals surface area (Å²) < 4.78 is 27.2. The summed E-state index contributed by atoms with van der Waals surface area (Å²) in [6, 6.07) is 0. The van der Waals surface area contributed by atoms with Crippen molar-refractivity contribution in [3.8, 4) is 0 Å². The lowest BCUT2D eigenvalue weighted by atomic mass is 10.3. The van der Waals surface area contributed by atoms with Gasteiger partial charge in [0.05, 0.1) is 65.6 Å². The van der Waals surface area contributed by atoms with Gasteiger partial charge in [-0.1, -0.05) is 6.92 Å². The molecule has 0 aromatic carbocycles. The Morgan fingerprint density at radius 1 is 0.706 bits per heavy atom. The van der Waals surface area contributed by atoms with Crippen LogP contribution in [0, 0.1) is 0 Å². The standard InChI is InChI=1S/C12H24O5/c1-2-12-11-16-8-7-14-4-3-13-5-6-15-9-10-17-12/h12H,2-11H2,1H3. The molecule has 1 saturated heterocycles. The Bertz CT molecular complexity index is 149. The molecule has 0 aromatic rings. The molecule has 1 aliphatic rings. The first kappa shape index (κ1) is 14.9. The molecule has 0 bridgehead atoms. The van der Waals surface area contributed by atoms with Gasteiger partial charge >= 0.3 is 0 Å². The van der Waals surface area contributed by atoms with Crippen LogP contribution >= 0.6 is 0 Å². The van der Waals surface area contributed by atoms with E-state index >= 15 is 0 Å². The summed E-state index contributed by atoms with van der Waals surface area (Å²) >= 11 is 0. The van der Waals surface area contributed by atoms with Crippen LogP contribution in [-0.2, 0) is 23.7 Å². The predicted molar refractivity (Wildman–Crippen MR) is 63.3 cm³/mol. The summed E-state index contributed by atoms with van der Waals surface area (Å²) in [5, 5.41) is 0. The molecule has 0 spiro atoms. The van der Waals surface area contributed by atoms with E-state index in [0.29, 0.717) is 59.5 Å². The number of rotatable bonds is 1. The van der Waals surface area contributed by atoms with Gasteiger partial charge in [0, 0.05) is 0 Å². The molecular formula is C12H24O5. The molecule has 102 valence electrons. The van der Waals surface area contributed by atoms with Crippen molar-refractivity contribution in [1.29, 1.82) is 0 Å². The van der Waals surface area contributed by atoms with Gasteiger partial charge in [0.25, 0.3) is 0 Å². The molecule has 0 aromatic heterocycles. The molecule has 1 heterocycles. The van der Waals surface area contributed by atoms with E-state index in [2.05, 4.69) is 6.92 Å². The first-order valence-corrected chi connectivity index (χ1v) is 6.36. The third-order valence-corrected chi connectivity index (χ3v) is 2.46. The molecule has 1 aliphatic heterocycles. The molecule has 1 rings (SSSR count). The molecule has 0 saturated carbocycles. The van der Waals surface area contributed by atoms with E-state index in [-0.39, 0.29) is 6.10 Å². The van der Waals surface area contributed by atoms with Crippen LogP contribution in [0.5, 0.6) is 0 Å². The lowest BCUT2D eigenvalue weighted by Crippen LogP contribution is -2.22. The van der Waals surface area contributed by atoms with Gasteiger partial charge < -0.3 is 23.7 Å². The van der Waals surface area contributed by atoms with Crippen LogP contribution in [-0.4, -0.2) is 65.6 Å². The first-order chi connectivity index (χ1) is 8.43. The van der Waals surface area contributed by atoms with Crippen LogP contribution in [0.25, 0.3) is 0 Å². The van der Waals surface area contributed by atoms with Crippen LogP contribution in [0.15, 0.2) is 0 Å². The molecule has 0 amide bonds. The maximum atomic E-state index is 5.64. The zero-order valence-electron chi connectivity index (χ0n) is 10.7. The van der Waals surface area contributed by atoms with E-state index in [1.54, 1.807) is 0 Å². The molecule has 0 radical (unpaired) electrons. The summed E-state index contributed by atoms with van der Waals surface area (Å²) in [7, 11) is 0. The van der Waals surface area contributed by atoms with E-state index < -0.39 is 0 Å². The fourth-order valence-electron chi connectivity index (χ4n) is 1.43. The first-order valence-electron chi connectivity index (χ1n) is 6.36. The minimum Gasteiger partial charge on any atom is -0.377 e. The van der Waals surface area contributed by atoms with Gasteiger partial charge in [0.2, 0.25) is 0 Å². The van der Waals surface area contributed by atoms with Crippen molar-refractivity contribution < 1.29 is 23.7 Å². The Hall–Kier alpha value is -0.200. The maximum Gasteiger partial charge on any atom is 0.0807 e. The third kappa shape index (κ3) is 8.51. The van der Waals surface area contributed by atoms with Gasteiger partial charge in [-0.2, -0.15) is 0 Å². The molecule has 1 fully saturated rings. The summed E-state index contributed by atoms with van der Waals surface area (Å²) in [5.41, 5.74) is 0. The average Bonchev–Trinajstić information content (AvgIpc) is 2.36. The van der Waals surface area contributed by atoms with Crippen molar-refractivity contribution in [2.75, 3.05) is 59.5 Å². The highest BCUT2D eigenvalue weighted by Gasteiger charge is 2.06. The van der Waals surface area contributed by atoms with E-state index in [1.807, 2.05) is 0 Å². The van der Waals surface area contributed by atoms with E-state index in [4.69, 9.17) is 23.7 Å². The third-order valence-electron chi connectivity index (χ3n) is 2.46. The van der Waals surface area contributed by atoms with E-state index in [0.717, 1.165) is 6.42 Å². The molecular weight excluding hydrogens is 224 g/mol. The van der Waals surface area contributed by atoms with Crippen molar-refractivity contribution >= 4 is 0 Å². The summed E-state index contributed by atoms with van der Waals surface area (Å²) in [6.45, 7) is 7.58. The number of hydrogen-bond donors (Lipinski definition) is 0. The Balaban J connectivity index is 2.16. The van der Waals surface area contributed by atoms with Crippen molar-refractivity contribution in [3.05, 3.63) is 0 Å². The quantitative estimate of drug-likeness (QED) is 0.689. The van der Waals surface area contributed by atoms with Gasteiger partial charge in [-0.05, 0) is 6.42 Å². The van der Waals surface area contributed by atoms with Crippen molar-refractivity contribution in [3.63, 3.8) is 0 Å². The minimum atomic E-state index is 0.153. The highest BCUT2D eigenvalue weighted by atomic mass is 16.6. The minimum absolute atomic E-state index is 0.153. The Labute approximate surface area is 103 Å². The summed E-state index contributed by atoms with van der Waals surface area (Å²) in [5.74, 6) is 0. The van der Waals surface area contributed by atoms with Crippen LogP contribution in [0.4, 0.5) is 0 Å². The molecule has 0 aliphatic carbocycles. The molecule has 0 N–H and O–H groups in total. The van der Waals surface area contributed by atoms with E-state index in [9.17, 15) is 0 Å². The smallest absolute Gasteiger partial charge is 0.0807 e. The average molecular weight is 248 g/mol. The normalized spacial score (nSPS) is 27.0. The van der Waals surface area contributed by atoms with Crippen LogP contribution in [0.3, 0.4) is 0 Å². The lowest BCUT2D eigenvalue weighted by molar-refractivity contribution is -0.0465. The highest BCUT2D eigenvalue weighted by Crippen LogP contribution is 1.99. The SMILES string of the molecule is CCC1COCCOCCOCCOCCO1. The van der Waals surface area contributed by atoms with Crippen molar-refractivity contribution in [1.82, 2.24) is 0 Å². The predicted octanol–water partition coefficient (Wildman–Crippen LogP) is 0.862. The second kappa shape index (κ2) is 10.9.